The van der Waals surface area contributed by atoms with Gasteiger partial charge in [0.05, 0.1) is 12.5 Å². The molecule has 1 saturated heterocycles. The van der Waals surface area contributed by atoms with Crippen LogP contribution in [0.2, 0.25) is 0 Å². The van der Waals surface area contributed by atoms with Crippen molar-refractivity contribution in [1.82, 2.24) is 4.90 Å². The Kier molecular flexibility index (Phi) is 5.02. The quantitative estimate of drug-likeness (QED) is 0.857. The van der Waals surface area contributed by atoms with Gasteiger partial charge in [-0.2, -0.15) is 0 Å². The molecule has 0 aromatic rings. The van der Waals surface area contributed by atoms with Crippen LogP contribution in [-0.2, 0) is 14.3 Å². The molecule has 1 atom stereocenters. The first-order chi connectivity index (χ1) is 9.51. The second kappa shape index (κ2) is 6.57. The summed E-state index contributed by atoms with van der Waals surface area (Å²) in [5.41, 5.74) is -0.306. The van der Waals surface area contributed by atoms with E-state index in [9.17, 15) is 9.59 Å². The van der Waals surface area contributed by atoms with Gasteiger partial charge in [0, 0.05) is 26.1 Å². The third kappa shape index (κ3) is 3.95. The summed E-state index contributed by atoms with van der Waals surface area (Å²) in [5.74, 6) is -0.683. The fourth-order valence-corrected chi connectivity index (χ4v) is 3.52. The number of amides is 1. The molecule has 0 spiro atoms. The lowest BCUT2D eigenvalue weighted by molar-refractivity contribution is -0.141. The maximum absolute atomic E-state index is 12.5. The molecule has 114 valence electrons. The van der Waals surface area contributed by atoms with Crippen molar-refractivity contribution in [1.29, 1.82) is 0 Å². The van der Waals surface area contributed by atoms with Crippen LogP contribution in [0.5, 0.6) is 0 Å². The lowest BCUT2D eigenvalue weighted by Gasteiger charge is -2.30. The Labute approximate surface area is 120 Å². The first-order valence-corrected chi connectivity index (χ1v) is 7.62. The van der Waals surface area contributed by atoms with Gasteiger partial charge in [-0.1, -0.05) is 12.8 Å². The van der Waals surface area contributed by atoms with Gasteiger partial charge in [0.1, 0.15) is 0 Å². The molecule has 1 aliphatic carbocycles. The molecule has 2 rings (SSSR count). The highest BCUT2D eigenvalue weighted by atomic mass is 16.5. The minimum atomic E-state index is -0.785. The lowest BCUT2D eigenvalue weighted by atomic mass is 9.79. The predicted octanol–water partition coefficient (Wildman–Crippen LogP) is 2.05. The largest absolute Gasteiger partial charge is 0.481 e. The van der Waals surface area contributed by atoms with Gasteiger partial charge in [-0.15, -0.1) is 0 Å². The van der Waals surface area contributed by atoms with Crippen molar-refractivity contribution in [2.24, 2.45) is 5.41 Å². The highest BCUT2D eigenvalue weighted by Crippen LogP contribution is 2.44. The fourth-order valence-electron chi connectivity index (χ4n) is 3.52. The molecule has 1 saturated carbocycles. The van der Waals surface area contributed by atoms with Crippen molar-refractivity contribution in [2.75, 3.05) is 19.7 Å². The van der Waals surface area contributed by atoms with Gasteiger partial charge >= 0.3 is 5.97 Å². The topological polar surface area (TPSA) is 66.8 Å². The maximum atomic E-state index is 12.5. The van der Waals surface area contributed by atoms with Gasteiger partial charge in [-0.3, -0.25) is 9.59 Å². The molecular formula is C15H25NO4. The summed E-state index contributed by atoms with van der Waals surface area (Å²) in [5, 5.41) is 9.10. The minimum Gasteiger partial charge on any atom is -0.481 e. The van der Waals surface area contributed by atoms with Crippen LogP contribution in [0.1, 0.15) is 51.9 Å². The van der Waals surface area contributed by atoms with E-state index in [2.05, 4.69) is 0 Å². The van der Waals surface area contributed by atoms with Crippen LogP contribution < -0.4 is 0 Å². The van der Waals surface area contributed by atoms with Crippen molar-refractivity contribution in [2.45, 2.75) is 58.0 Å². The SMILES string of the molecule is CC1CN(C(=O)CC2(CC(=O)O)CCCC2)CCCO1. The molecule has 5 heteroatoms. The van der Waals surface area contributed by atoms with E-state index in [1.165, 1.54) is 0 Å². The highest BCUT2D eigenvalue weighted by Gasteiger charge is 2.39. The van der Waals surface area contributed by atoms with Gasteiger partial charge in [-0.05, 0) is 31.6 Å². The molecule has 2 fully saturated rings. The first kappa shape index (κ1) is 15.3. The van der Waals surface area contributed by atoms with Gasteiger partial charge in [0.2, 0.25) is 5.91 Å². The summed E-state index contributed by atoms with van der Waals surface area (Å²) in [4.78, 5) is 25.5. The van der Waals surface area contributed by atoms with Crippen LogP contribution in [0.25, 0.3) is 0 Å². The van der Waals surface area contributed by atoms with Gasteiger partial charge in [0.15, 0.2) is 0 Å². The van der Waals surface area contributed by atoms with Crippen LogP contribution in [0.15, 0.2) is 0 Å². The molecule has 1 aliphatic heterocycles. The summed E-state index contributed by atoms with van der Waals surface area (Å²) >= 11 is 0. The monoisotopic (exact) mass is 283 g/mol. The Balaban J connectivity index is 1.98. The summed E-state index contributed by atoms with van der Waals surface area (Å²) in [6, 6.07) is 0. The third-order valence-corrected chi connectivity index (χ3v) is 4.52. The van der Waals surface area contributed by atoms with Crippen LogP contribution >= 0.6 is 0 Å². The number of nitrogens with zero attached hydrogens (tertiary/aromatic N) is 1. The Morgan fingerprint density at radius 1 is 1.25 bits per heavy atom. The molecule has 0 bridgehead atoms. The molecule has 1 N–H and O–H groups in total. The van der Waals surface area contributed by atoms with E-state index in [-0.39, 0.29) is 23.8 Å². The van der Waals surface area contributed by atoms with Crippen LogP contribution in [0.3, 0.4) is 0 Å². The Morgan fingerprint density at radius 3 is 2.60 bits per heavy atom. The second-order valence-electron chi connectivity index (χ2n) is 6.33. The molecule has 1 heterocycles. The molecule has 1 amide bonds. The summed E-state index contributed by atoms with van der Waals surface area (Å²) in [6.07, 6.45) is 5.25. The van der Waals surface area contributed by atoms with E-state index in [0.717, 1.165) is 38.6 Å². The van der Waals surface area contributed by atoms with Crippen molar-refractivity contribution < 1.29 is 19.4 Å². The van der Waals surface area contributed by atoms with E-state index in [1.54, 1.807) is 0 Å². The standard InChI is InChI=1S/C15H25NO4/c1-12-11-16(7-4-8-20-12)13(17)9-15(10-14(18)19)5-2-3-6-15/h12H,2-11H2,1H3,(H,18,19). The Morgan fingerprint density at radius 2 is 1.95 bits per heavy atom. The zero-order valence-electron chi connectivity index (χ0n) is 12.3. The molecule has 2 aliphatic rings. The third-order valence-electron chi connectivity index (χ3n) is 4.52. The average molecular weight is 283 g/mol. The normalized spacial score (nSPS) is 26.2. The fraction of sp³-hybridized carbons (Fsp3) is 0.867. The Hall–Kier alpha value is -1.10. The molecule has 0 aromatic carbocycles. The zero-order valence-corrected chi connectivity index (χ0v) is 12.3. The smallest absolute Gasteiger partial charge is 0.303 e. The molecule has 0 radical (unpaired) electrons. The van der Waals surface area contributed by atoms with Gasteiger partial charge < -0.3 is 14.7 Å². The second-order valence-corrected chi connectivity index (χ2v) is 6.33. The van der Waals surface area contributed by atoms with Crippen LogP contribution in [0, 0.1) is 5.41 Å². The number of aliphatic carboxylic acids is 1. The zero-order chi connectivity index (χ0) is 14.6. The summed E-state index contributed by atoms with van der Waals surface area (Å²) in [7, 11) is 0. The van der Waals surface area contributed by atoms with Crippen molar-refractivity contribution in [3.05, 3.63) is 0 Å². The Bertz CT molecular complexity index is 363. The van der Waals surface area contributed by atoms with Gasteiger partial charge in [0.25, 0.3) is 0 Å². The number of carboxylic acid groups (broad SMARTS) is 1. The minimum absolute atomic E-state index is 0.0699. The number of carboxylic acids is 1. The van der Waals surface area contributed by atoms with E-state index < -0.39 is 5.97 Å². The van der Waals surface area contributed by atoms with Crippen molar-refractivity contribution in [3.63, 3.8) is 0 Å². The maximum Gasteiger partial charge on any atom is 0.303 e. The molecule has 20 heavy (non-hydrogen) atoms. The number of hydrogen-bond donors (Lipinski definition) is 1. The van der Waals surface area contributed by atoms with E-state index >= 15 is 0 Å². The van der Waals surface area contributed by atoms with Crippen molar-refractivity contribution >= 4 is 11.9 Å². The number of hydrogen-bond acceptors (Lipinski definition) is 3. The molecular weight excluding hydrogens is 258 g/mol. The van der Waals surface area contributed by atoms with E-state index in [1.807, 2.05) is 11.8 Å². The molecule has 5 nitrogen and oxygen atoms in total. The number of rotatable bonds is 4. The van der Waals surface area contributed by atoms with Crippen LogP contribution in [0.4, 0.5) is 0 Å². The lowest BCUT2D eigenvalue weighted by Crippen LogP contribution is -2.39. The number of carbonyl (C=O) groups excluding carboxylic acids is 1. The number of ether oxygens (including phenoxy) is 1. The molecule has 1 unspecified atom stereocenters. The van der Waals surface area contributed by atoms with Gasteiger partial charge in [-0.25, -0.2) is 0 Å². The molecule has 0 aromatic heterocycles. The van der Waals surface area contributed by atoms with Crippen LogP contribution in [-0.4, -0.2) is 47.7 Å². The first-order valence-electron chi connectivity index (χ1n) is 7.62. The summed E-state index contributed by atoms with van der Waals surface area (Å²) < 4.78 is 5.55. The van der Waals surface area contributed by atoms with Crippen molar-refractivity contribution in [3.8, 4) is 0 Å². The number of carbonyl (C=O) groups is 2. The average Bonchev–Trinajstić information content (AvgIpc) is 2.68. The summed E-state index contributed by atoms with van der Waals surface area (Å²) in [6.45, 7) is 4.04. The highest BCUT2D eigenvalue weighted by molar-refractivity contribution is 5.78. The predicted molar refractivity (Wildman–Crippen MR) is 74.4 cm³/mol. The van der Waals surface area contributed by atoms with E-state index in [4.69, 9.17) is 9.84 Å². The van der Waals surface area contributed by atoms with E-state index in [0.29, 0.717) is 19.6 Å².